The van der Waals surface area contributed by atoms with Gasteiger partial charge in [-0.2, -0.15) is 0 Å². The molecule has 2 rings (SSSR count). The normalized spacial score (nSPS) is 11.1. The Kier molecular flexibility index (Phi) is 4.50. The average molecular weight is 392 g/mol. The van der Waals surface area contributed by atoms with Gasteiger partial charge in [0.2, 0.25) is 0 Å². The van der Waals surface area contributed by atoms with E-state index in [-0.39, 0.29) is 21.3 Å². The van der Waals surface area contributed by atoms with Crippen molar-refractivity contribution in [3.05, 3.63) is 62.1 Å². The van der Waals surface area contributed by atoms with E-state index in [9.17, 15) is 18.5 Å². The van der Waals surface area contributed by atoms with Crippen molar-refractivity contribution in [2.45, 2.75) is 4.90 Å². The summed E-state index contributed by atoms with van der Waals surface area (Å²) in [7, 11) is -3.98. The molecule has 0 amide bonds. The lowest BCUT2D eigenvalue weighted by atomic mass is 10.3. The molecule has 0 fully saturated rings. The summed E-state index contributed by atoms with van der Waals surface area (Å²) in [6, 6.07) is 9.78. The van der Waals surface area contributed by atoms with Gasteiger partial charge in [0.1, 0.15) is 10.6 Å². The lowest BCUT2D eigenvalue weighted by Crippen LogP contribution is -2.14. The monoisotopic (exact) mass is 390 g/mol. The van der Waals surface area contributed by atoms with Crippen molar-refractivity contribution in [3.8, 4) is 0 Å². The Morgan fingerprint density at radius 2 is 1.86 bits per heavy atom. The summed E-state index contributed by atoms with van der Waals surface area (Å²) < 4.78 is 27.1. The van der Waals surface area contributed by atoms with Gasteiger partial charge in [-0.1, -0.05) is 23.7 Å². The van der Waals surface area contributed by atoms with E-state index in [0.717, 1.165) is 6.07 Å². The SMILES string of the molecule is O=[N+]([O-])c1ccc(Cl)cc1NS(=O)(=O)c1ccccc1Br. The summed E-state index contributed by atoms with van der Waals surface area (Å²) in [6.45, 7) is 0. The highest BCUT2D eigenvalue weighted by molar-refractivity contribution is 9.10. The van der Waals surface area contributed by atoms with Gasteiger partial charge in [-0.15, -0.1) is 0 Å². The molecule has 9 heteroatoms. The molecule has 0 aliphatic carbocycles. The second-order valence-electron chi connectivity index (χ2n) is 3.95. The molecule has 2 aromatic rings. The Morgan fingerprint density at radius 1 is 1.19 bits per heavy atom. The molecule has 0 radical (unpaired) electrons. The maximum atomic E-state index is 12.3. The predicted molar refractivity (Wildman–Crippen MR) is 83.1 cm³/mol. The first kappa shape index (κ1) is 15.7. The summed E-state index contributed by atoms with van der Waals surface area (Å²) in [6.07, 6.45) is 0. The Morgan fingerprint density at radius 3 is 2.48 bits per heavy atom. The van der Waals surface area contributed by atoms with Crippen molar-refractivity contribution in [1.82, 2.24) is 0 Å². The van der Waals surface area contributed by atoms with Gasteiger partial charge in [0.15, 0.2) is 0 Å². The molecule has 1 N–H and O–H groups in total. The summed E-state index contributed by atoms with van der Waals surface area (Å²) >= 11 is 8.89. The first-order valence-corrected chi connectivity index (χ1v) is 8.18. The molecule has 0 saturated heterocycles. The van der Waals surface area contributed by atoms with Gasteiger partial charge in [-0.05, 0) is 40.2 Å². The van der Waals surface area contributed by atoms with Crippen molar-refractivity contribution >= 4 is 48.9 Å². The quantitative estimate of drug-likeness (QED) is 0.634. The number of nitro benzene ring substituents is 1. The van der Waals surface area contributed by atoms with E-state index in [1.54, 1.807) is 18.2 Å². The fourth-order valence-electron chi connectivity index (χ4n) is 1.61. The molecule has 0 saturated carbocycles. The van der Waals surface area contributed by atoms with E-state index in [1.165, 1.54) is 18.2 Å². The Balaban J connectivity index is 2.49. The van der Waals surface area contributed by atoms with Crippen molar-refractivity contribution in [3.63, 3.8) is 0 Å². The Hall–Kier alpha value is -1.64. The molecule has 0 atom stereocenters. The van der Waals surface area contributed by atoms with Crippen LogP contribution in [0, 0.1) is 10.1 Å². The molecule has 21 heavy (non-hydrogen) atoms. The number of rotatable bonds is 4. The van der Waals surface area contributed by atoms with Gasteiger partial charge in [-0.25, -0.2) is 8.42 Å². The van der Waals surface area contributed by atoms with Gasteiger partial charge in [0.25, 0.3) is 15.7 Å². The van der Waals surface area contributed by atoms with Crippen molar-refractivity contribution in [2.24, 2.45) is 0 Å². The number of benzene rings is 2. The van der Waals surface area contributed by atoms with E-state index >= 15 is 0 Å². The topological polar surface area (TPSA) is 89.3 Å². The summed E-state index contributed by atoms with van der Waals surface area (Å²) in [5.74, 6) is 0. The minimum atomic E-state index is -3.98. The minimum absolute atomic E-state index is 0.0285. The molecule has 0 heterocycles. The van der Waals surface area contributed by atoms with Crippen LogP contribution in [0.4, 0.5) is 11.4 Å². The molecule has 0 spiro atoms. The zero-order valence-electron chi connectivity index (χ0n) is 10.3. The highest BCUT2D eigenvalue weighted by Gasteiger charge is 2.22. The van der Waals surface area contributed by atoms with Crippen LogP contribution in [0.2, 0.25) is 5.02 Å². The number of nitrogens with one attached hydrogen (secondary N) is 1. The van der Waals surface area contributed by atoms with Gasteiger partial charge in [-0.3, -0.25) is 14.8 Å². The van der Waals surface area contributed by atoms with Crippen LogP contribution in [0.5, 0.6) is 0 Å². The molecule has 0 aliphatic rings. The molecule has 0 unspecified atom stereocenters. The smallest absolute Gasteiger partial charge is 0.273 e. The van der Waals surface area contributed by atoms with E-state index in [2.05, 4.69) is 20.7 Å². The molecule has 110 valence electrons. The summed E-state index contributed by atoms with van der Waals surface area (Å²) in [4.78, 5) is 10.2. The second kappa shape index (κ2) is 6.00. The van der Waals surface area contributed by atoms with Crippen LogP contribution in [0.1, 0.15) is 0 Å². The Labute approximate surface area is 134 Å². The molecule has 2 aromatic carbocycles. The van der Waals surface area contributed by atoms with Crippen LogP contribution in [0.15, 0.2) is 51.8 Å². The predicted octanol–water partition coefficient (Wildman–Crippen LogP) is 3.81. The third-order valence-corrected chi connectivity index (χ3v) is 5.14. The third-order valence-electron chi connectivity index (χ3n) is 2.53. The summed E-state index contributed by atoms with van der Waals surface area (Å²) in [5.41, 5.74) is -0.571. The highest BCUT2D eigenvalue weighted by Crippen LogP contribution is 2.31. The van der Waals surface area contributed by atoms with Crippen molar-refractivity contribution in [1.29, 1.82) is 0 Å². The second-order valence-corrected chi connectivity index (χ2v) is 6.90. The molecule has 6 nitrogen and oxygen atoms in total. The third kappa shape index (κ3) is 3.52. The van der Waals surface area contributed by atoms with Gasteiger partial charge < -0.3 is 0 Å². The first-order chi connectivity index (χ1) is 9.81. The number of hydrogen-bond donors (Lipinski definition) is 1. The van der Waals surface area contributed by atoms with E-state index in [1.807, 2.05) is 0 Å². The number of halogens is 2. The standard InChI is InChI=1S/C12H8BrClN2O4S/c13-9-3-1-2-4-12(9)21(19,20)15-10-7-8(14)5-6-11(10)16(17)18/h1-7,15H. The van der Waals surface area contributed by atoms with Gasteiger partial charge in [0.05, 0.1) is 4.92 Å². The minimum Gasteiger partial charge on any atom is -0.273 e. The van der Waals surface area contributed by atoms with E-state index < -0.39 is 14.9 Å². The first-order valence-electron chi connectivity index (χ1n) is 5.52. The zero-order valence-corrected chi connectivity index (χ0v) is 13.4. The average Bonchev–Trinajstić information content (AvgIpc) is 2.38. The fraction of sp³-hybridized carbons (Fsp3) is 0. The van der Waals surface area contributed by atoms with Crippen LogP contribution in [-0.2, 0) is 10.0 Å². The van der Waals surface area contributed by atoms with E-state index in [0.29, 0.717) is 4.47 Å². The number of anilines is 1. The van der Waals surface area contributed by atoms with E-state index in [4.69, 9.17) is 11.6 Å². The maximum Gasteiger partial charge on any atom is 0.293 e. The Bertz CT molecular complexity index is 811. The highest BCUT2D eigenvalue weighted by atomic mass is 79.9. The maximum absolute atomic E-state index is 12.3. The molecule has 0 bridgehead atoms. The van der Waals surface area contributed by atoms with Crippen molar-refractivity contribution in [2.75, 3.05) is 4.72 Å². The molecule has 0 aliphatic heterocycles. The number of nitrogens with zero attached hydrogens (tertiary/aromatic N) is 1. The van der Waals surface area contributed by atoms with Crippen LogP contribution in [-0.4, -0.2) is 13.3 Å². The largest absolute Gasteiger partial charge is 0.293 e. The van der Waals surface area contributed by atoms with Crippen molar-refractivity contribution < 1.29 is 13.3 Å². The fourth-order valence-corrected chi connectivity index (χ4v) is 3.85. The van der Waals surface area contributed by atoms with Gasteiger partial charge >= 0.3 is 0 Å². The number of sulfonamides is 1. The molecular weight excluding hydrogens is 384 g/mol. The van der Waals surface area contributed by atoms with Crippen LogP contribution in [0.25, 0.3) is 0 Å². The lowest BCUT2D eigenvalue weighted by molar-refractivity contribution is -0.383. The summed E-state index contributed by atoms with van der Waals surface area (Å²) in [5, 5.41) is 11.1. The lowest BCUT2D eigenvalue weighted by Gasteiger charge is -2.10. The number of nitro groups is 1. The van der Waals surface area contributed by atoms with Crippen LogP contribution >= 0.6 is 27.5 Å². The zero-order chi connectivity index (χ0) is 15.6. The molecule has 0 aromatic heterocycles. The van der Waals surface area contributed by atoms with Crippen LogP contribution < -0.4 is 4.72 Å². The number of hydrogen-bond acceptors (Lipinski definition) is 4. The molecular formula is C12H8BrClN2O4S. The van der Waals surface area contributed by atoms with Gasteiger partial charge in [0, 0.05) is 15.6 Å². The van der Waals surface area contributed by atoms with Crippen LogP contribution in [0.3, 0.4) is 0 Å².